The molecule has 0 aromatic heterocycles. The Kier molecular flexibility index (Phi) is 5.48. The monoisotopic (exact) mass is 292 g/mol. The molecule has 0 aliphatic carbocycles. The number of nitrogens with zero attached hydrogens (tertiary/aromatic N) is 1. The maximum Gasteiger partial charge on any atom is 0.122 e. The largest absolute Gasteiger partial charge is 0.508 e. The van der Waals surface area contributed by atoms with E-state index in [1.165, 1.54) is 0 Å². The molecule has 2 N–H and O–H groups in total. The highest BCUT2D eigenvalue weighted by molar-refractivity contribution is 5.54. The summed E-state index contributed by atoms with van der Waals surface area (Å²) in [5.41, 5.74) is 2.00. The van der Waals surface area contributed by atoms with Gasteiger partial charge in [-0.05, 0) is 39.3 Å². The molecule has 0 saturated carbocycles. The van der Waals surface area contributed by atoms with E-state index in [0.717, 1.165) is 37.2 Å². The van der Waals surface area contributed by atoms with Crippen molar-refractivity contribution >= 4 is 5.69 Å². The smallest absolute Gasteiger partial charge is 0.122 e. The zero-order valence-electron chi connectivity index (χ0n) is 13.6. The number of hydrogen-bond acceptors (Lipinski definition) is 4. The first-order chi connectivity index (χ1) is 10.0. The number of phenolic OH excluding ortho intramolecular Hbond substituents is 1. The average Bonchev–Trinajstić information content (AvgIpc) is 2.90. The second-order valence-corrected chi connectivity index (χ2v) is 5.96. The van der Waals surface area contributed by atoms with Crippen molar-refractivity contribution in [1.82, 2.24) is 5.32 Å². The van der Waals surface area contributed by atoms with Crippen molar-refractivity contribution in [3.05, 3.63) is 23.8 Å². The van der Waals surface area contributed by atoms with E-state index in [9.17, 15) is 5.11 Å². The standard InChI is InChI=1S/C17H28N2O2/c1-5-9-18-12(2)15-7-6-14(11-17(15)20)19(4)16-8-10-21-13(16)3/h6-7,11-13,16,18,20H,5,8-10H2,1-4H3. The van der Waals surface area contributed by atoms with Gasteiger partial charge in [0.05, 0.1) is 12.1 Å². The van der Waals surface area contributed by atoms with Crippen LogP contribution in [-0.2, 0) is 4.74 Å². The summed E-state index contributed by atoms with van der Waals surface area (Å²) in [6.07, 6.45) is 2.36. The van der Waals surface area contributed by atoms with Gasteiger partial charge in [0.1, 0.15) is 5.75 Å². The number of hydrogen-bond donors (Lipinski definition) is 2. The average molecular weight is 292 g/mol. The Morgan fingerprint density at radius 1 is 1.48 bits per heavy atom. The summed E-state index contributed by atoms with van der Waals surface area (Å²) in [5, 5.41) is 13.7. The molecule has 21 heavy (non-hydrogen) atoms. The third kappa shape index (κ3) is 3.69. The molecule has 1 fully saturated rings. The van der Waals surface area contributed by atoms with E-state index in [0.29, 0.717) is 11.8 Å². The molecule has 1 aliphatic heterocycles. The van der Waals surface area contributed by atoms with Gasteiger partial charge in [-0.2, -0.15) is 0 Å². The number of benzene rings is 1. The number of ether oxygens (including phenoxy) is 1. The number of anilines is 1. The lowest BCUT2D eigenvalue weighted by Gasteiger charge is -2.29. The molecule has 4 heteroatoms. The molecular weight excluding hydrogens is 264 g/mol. The minimum absolute atomic E-state index is 0.165. The molecule has 0 spiro atoms. The lowest BCUT2D eigenvalue weighted by atomic mass is 10.0. The van der Waals surface area contributed by atoms with Gasteiger partial charge in [-0.1, -0.05) is 13.0 Å². The summed E-state index contributed by atoms with van der Waals surface area (Å²) in [6.45, 7) is 8.11. The third-order valence-corrected chi connectivity index (χ3v) is 4.42. The SMILES string of the molecule is CCCNC(C)c1ccc(N(C)C2CCOC2C)cc1O. The van der Waals surface area contributed by atoms with E-state index < -0.39 is 0 Å². The second kappa shape index (κ2) is 7.14. The van der Waals surface area contributed by atoms with Crippen LogP contribution in [0.25, 0.3) is 0 Å². The van der Waals surface area contributed by atoms with E-state index in [1.54, 1.807) is 0 Å². The fraction of sp³-hybridized carbons (Fsp3) is 0.647. The highest BCUT2D eigenvalue weighted by Crippen LogP contribution is 2.31. The van der Waals surface area contributed by atoms with Crippen molar-refractivity contribution in [3.63, 3.8) is 0 Å². The van der Waals surface area contributed by atoms with Gasteiger partial charge in [-0.15, -0.1) is 0 Å². The number of nitrogens with one attached hydrogen (secondary N) is 1. The van der Waals surface area contributed by atoms with Crippen molar-refractivity contribution in [2.75, 3.05) is 25.1 Å². The van der Waals surface area contributed by atoms with E-state index in [1.807, 2.05) is 12.1 Å². The van der Waals surface area contributed by atoms with Crippen molar-refractivity contribution in [2.45, 2.75) is 51.8 Å². The summed E-state index contributed by atoms with van der Waals surface area (Å²) in [7, 11) is 2.07. The summed E-state index contributed by atoms with van der Waals surface area (Å²) in [6, 6.07) is 6.52. The molecule has 2 rings (SSSR count). The first-order valence-corrected chi connectivity index (χ1v) is 7.95. The Labute approximate surface area is 128 Å². The molecule has 3 unspecified atom stereocenters. The van der Waals surface area contributed by atoms with Gasteiger partial charge in [-0.3, -0.25) is 0 Å². The highest BCUT2D eigenvalue weighted by atomic mass is 16.5. The Morgan fingerprint density at radius 2 is 2.24 bits per heavy atom. The van der Waals surface area contributed by atoms with Crippen LogP contribution in [0.3, 0.4) is 0 Å². The molecule has 1 aromatic rings. The fourth-order valence-corrected chi connectivity index (χ4v) is 3.01. The van der Waals surface area contributed by atoms with Gasteiger partial charge in [-0.25, -0.2) is 0 Å². The zero-order chi connectivity index (χ0) is 15.4. The van der Waals surface area contributed by atoms with Crippen molar-refractivity contribution in [1.29, 1.82) is 0 Å². The lowest BCUT2D eigenvalue weighted by molar-refractivity contribution is 0.118. The topological polar surface area (TPSA) is 44.7 Å². The summed E-state index contributed by atoms with van der Waals surface area (Å²) < 4.78 is 5.63. The van der Waals surface area contributed by atoms with E-state index in [4.69, 9.17) is 4.74 Å². The summed E-state index contributed by atoms with van der Waals surface area (Å²) in [4.78, 5) is 2.21. The first-order valence-electron chi connectivity index (χ1n) is 7.95. The number of phenols is 1. The molecule has 0 amide bonds. The molecule has 1 aromatic carbocycles. The van der Waals surface area contributed by atoms with Crippen molar-refractivity contribution in [2.24, 2.45) is 0 Å². The predicted octanol–water partition coefficient (Wildman–Crippen LogP) is 3.07. The third-order valence-electron chi connectivity index (χ3n) is 4.42. The van der Waals surface area contributed by atoms with Crippen LogP contribution in [-0.4, -0.2) is 37.5 Å². The Bertz CT molecular complexity index is 464. The predicted molar refractivity (Wildman–Crippen MR) is 87.0 cm³/mol. The van der Waals surface area contributed by atoms with Crippen LogP contribution in [0.15, 0.2) is 18.2 Å². The lowest BCUT2D eigenvalue weighted by Crippen LogP contribution is -2.36. The van der Waals surface area contributed by atoms with Crippen LogP contribution < -0.4 is 10.2 Å². The van der Waals surface area contributed by atoms with Gasteiger partial charge < -0.3 is 20.1 Å². The van der Waals surface area contributed by atoms with Gasteiger partial charge in [0.25, 0.3) is 0 Å². The molecule has 1 aliphatic rings. The first kappa shape index (κ1) is 16.1. The molecule has 118 valence electrons. The molecule has 0 radical (unpaired) electrons. The van der Waals surface area contributed by atoms with Gasteiger partial charge in [0, 0.05) is 37.0 Å². The number of rotatable bonds is 6. The normalized spacial score (nSPS) is 23.2. The molecule has 1 heterocycles. The Morgan fingerprint density at radius 3 is 2.81 bits per heavy atom. The Hall–Kier alpha value is -1.26. The van der Waals surface area contributed by atoms with E-state index >= 15 is 0 Å². The number of likely N-dealkylation sites (N-methyl/N-ethyl adjacent to an activating group) is 1. The maximum atomic E-state index is 10.3. The van der Waals surface area contributed by atoms with Crippen LogP contribution in [0.5, 0.6) is 5.75 Å². The van der Waals surface area contributed by atoms with E-state index in [2.05, 4.69) is 44.1 Å². The minimum atomic E-state index is 0.165. The molecule has 4 nitrogen and oxygen atoms in total. The minimum Gasteiger partial charge on any atom is -0.508 e. The van der Waals surface area contributed by atoms with Gasteiger partial charge >= 0.3 is 0 Å². The van der Waals surface area contributed by atoms with E-state index in [-0.39, 0.29) is 12.1 Å². The van der Waals surface area contributed by atoms with Crippen LogP contribution >= 0.6 is 0 Å². The number of aromatic hydroxyl groups is 1. The summed E-state index contributed by atoms with van der Waals surface area (Å²) >= 11 is 0. The van der Waals surface area contributed by atoms with Crippen LogP contribution in [0.1, 0.15) is 45.2 Å². The molecule has 0 bridgehead atoms. The highest BCUT2D eigenvalue weighted by Gasteiger charge is 2.28. The fourth-order valence-electron chi connectivity index (χ4n) is 3.01. The summed E-state index contributed by atoms with van der Waals surface area (Å²) in [5.74, 6) is 0.363. The van der Waals surface area contributed by atoms with Crippen molar-refractivity contribution < 1.29 is 9.84 Å². The molecule has 1 saturated heterocycles. The quantitative estimate of drug-likeness (QED) is 0.846. The Balaban J connectivity index is 2.11. The second-order valence-electron chi connectivity index (χ2n) is 5.96. The van der Waals surface area contributed by atoms with Gasteiger partial charge in [0.2, 0.25) is 0 Å². The maximum absolute atomic E-state index is 10.3. The van der Waals surface area contributed by atoms with Gasteiger partial charge in [0.15, 0.2) is 0 Å². The molecule has 3 atom stereocenters. The van der Waals surface area contributed by atoms with Crippen LogP contribution in [0.4, 0.5) is 5.69 Å². The zero-order valence-corrected chi connectivity index (χ0v) is 13.6. The molecular formula is C17H28N2O2. The van der Waals surface area contributed by atoms with Crippen LogP contribution in [0.2, 0.25) is 0 Å². The van der Waals surface area contributed by atoms with Crippen molar-refractivity contribution in [3.8, 4) is 5.75 Å². The van der Waals surface area contributed by atoms with Crippen LogP contribution in [0, 0.1) is 0 Å².